The van der Waals surface area contributed by atoms with E-state index in [1.807, 2.05) is 0 Å². The van der Waals surface area contributed by atoms with Crippen LogP contribution >= 0.6 is 0 Å². The van der Waals surface area contributed by atoms with Crippen LogP contribution in [0.15, 0.2) is 12.0 Å². The lowest BCUT2D eigenvalue weighted by Gasteiger charge is -2.03. The average molecular weight is 115 g/mol. The van der Waals surface area contributed by atoms with Gasteiger partial charge in [0.2, 0.25) is 6.41 Å². The Hall–Kier alpha value is -1.19. The Morgan fingerprint density at radius 2 is 2.75 bits per heavy atom. The highest BCUT2D eigenvalue weighted by atomic mass is 16.7. The fraction of sp³-hybridized carbons (Fsp3) is 0.250. The van der Waals surface area contributed by atoms with Crippen molar-refractivity contribution in [3.05, 3.63) is 12.0 Å². The quantitative estimate of drug-likeness (QED) is 0.481. The van der Waals surface area contributed by atoms with Crippen molar-refractivity contribution in [3.8, 4) is 0 Å². The molecule has 4 nitrogen and oxygen atoms in total. The summed E-state index contributed by atoms with van der Waals surface area (Å²) in [4.78, 5) is 14.3. The third-order valence-electron chi connectivity index (χ3n) is 0.760. The highest BCUT2D eigenvalue weighted by Crippen LogP contribution is 2.03. The van der Waals surface area contributed by atoms with Crippen molar-refractivity contribution in [1.82, 2.24) is 5.06 Å². The van der Waals surface area contributed by atoms with Crippen molar-refractivity contribution in [3.63, 3.8) is 0 Å². The summed E-state index contributed by atoms with van der Waals surface area (Å²) in [6.45, 7) is 0.156. The second kappa shape index (κ2) is 1.73. The van der Waals surface area contributed by atoms with E-state index in [4.69, 9.17) is 5.11 Å². The van der Waals surface area contributed by atoms with Crippen molar-refractivity contribution in [2.75, 3.05) is 6.54 Å². The van der Waals surface area contributed by atoms with Crippen LogP contribution < -0.4 is 0 Å². The standard InChI is InChI=1S/C4H5NO3/c6-3-5-1-4(7)2-8-5/h2-3,7H,1H2. The van der Waals surface area contributed by atoms with Gasteiger partial charge in [0, 0.05) is 0 Å². The summed E-state index contributed by atoms with van der Waals surface area (Å²) in [6, 6.07) is 0. The second-order valence-corrected chi connectivity index (χ2v) is 1.40. The Labute approximate surface area is 45.9 Å². The van der Waals surface area contributed by atoms with Crippen LogP contribution in [-0.2, 0) is 9.63 Å². The average Bonchev–Trinajstić information content (AvgIpc) is 2.14. The topological polar surface area (TPSA) is 49.8 Å². The fourth-order valence-electron chi connectivity index (χ4n) is 0.425. The molecule has 1 rings (SSSR count). The lowest BCUT2D eigenvalue weighted by Crippen LogP contribution is -2.16. The summed E-state index contributed by atoms with van der Waals surface area (Å²) in [5.74, 6) is 0.0668. The number of hydroxylamine groups is 2. The second-order valence-electron chi connectivity index (χ2n) is 1.40. The normalized spacial score (nSPS) is 17.5. The van der Waals surface area contributed by atoms with Gasteiger partial charge in [-0.15, -0.1) is 0 Å². The number of amides is 1. The Morgan fingerprint density at radius 3 is 3.00 bits per heavy atom. The van der Waals surface area contributed by atoms with E-state index in [1.165, 1.54) is 0 Å². The number of carbonyl (C=O) groups is 1. The molecule has 0 aromatic carbocycles. The van der Waals surface area contributed by atoms with Crippen LogP contribution in [0.4, 0.5) is 0 Å². The van der Waals surface area contributed by atoms with E-state index in [9.17, 15) is 4.79 Å². The van der Waals surface area contributed by atoms with Crippen LogP contribution in [0.5, 0.6) is 0 Å². The number of hydrogen-bond donors (Lipinski definition) is 1. The predicted octanol–water partition coefficient (Wildman–Crippen LogP) is -0.211. The number of hydrogen-bond acceptors (Lipinski definition) is 3. The van der Waals surface area contributed by atoms with Gasteiger partial charge < -0.3 is 9.94 Å². The summed E-state index contributed by atoms with van der Waals surface area (Å²) in [5.41, 5.74) is 0. The molecular weight excluding hydrogens is 110 g/mol. The molecule has 0 spiro atoms. The van der Waals surface area contributed by atoms with Gasteiger partial charge in [-0.05, 0) is 0 Å². The van der Waals surface area contributed by atoms with E-state index >= 15 is 0 Å². The Bertz CT molecular complexity index is 131. The maximum atomic E-state index is 9.81. The molecular formula is C4H5NO3. The zero-order valence-corrected chi connectivity index (χ0v) is 4.07. The molecule has 4 heteroatoms. The molecule has 1 amide bonds. The zero-order valence-electron chi connectivity index (χ0n) is 4.07. The molecule has 1 aliphatic heterocycles. The molecule has 8 heavy (non-hydrogen) atoms. The van der Waals surface area contributed by atoms with Crippen LogP contribution in [0.25, 0.3) is 0 Å². The van der Waals surface area contributed by atoms with Gasteiger partial charge in [0.1, 0.15) is 6.54 Å². The van der Waals surface area contributed by atoms with Gasteiger partial charge in [0.15, 0.2) is 12.0 Å². The molecule has 0 saturated carbocycles. The van der Waals surface area contributed by atoms with Gasteiger partial charge in [0.25, 0.3) is 0 Å². The molecule has 44 valence electrons. The summed E-state index contributed by atoms with van der Waals surface area (Å²) >= 11 is 0. The lowest BCUT2D eigenvalue weighted by molar-refractivity contribution is -0.145. The Morgan fingerprint density at radius 1 is 2.00 bits per heavy atom. The molecule has 1 N–H and O–H groups in total. The van der Waals surface area contributed by atoms with Crippen LogP contribution in [-0.4, -0.2) is 23.1 Å². The van der Waals surface area contributed by atoms with Gasteiger partial charge >= 0.3 is 0 Å². The van der Waals surface area contributed by atoms with E-state index in [-0.39, 0.29) is 12.3 Å². The molecule has 0 unspecified atom stereocenters. The van der Waals surface area contributed by atoms with E-state index < -0.39 is 0 Å². The zero-order chi connectivity index (χ0) is 5.98. The van der Waals surface area contributed by atoms with Crippen molar-refractivity contribution in [1.29, 1.82) is 0 Å². The first kappa shape index (κ1) is 4.96. The van der Waals surface area contributed by atoms with Crippen molar-refractivity contribution >= 4 is 6.41 Å². The summed E-state index contributed by atoms with van der Waals surface area (Å²) < 4.78 is 0. The minimum absolute atomic E-state index is 0.0668. The third kappa shape index (κ3) is 0.726. The summed E-state index contributed by atoms with van der Waals surface area (Å²) in [6.07, 6.45) is 1.62. The number of aliphatic hydroxyl groups excluding tert-OH is 1. The van der Waals surface area contributed by atoms with Gasteiger partial charge in [-0.2, -0.15) is 5.06 Å². The largest absolute Gasteiger partial charge is 0.507 e. The molecule has 0 bridgehead atoms. The molecule has 0 aromatic heterocycles. The van der Waals surface area contributed by atoms with Crippen molar-refractivity contribution < 1.29 is 14.7 Å². The van der Waals surface area contributed by atoms with Crippen molar-refractivity contribution in [2.45, 2.75) is 0 Å². The van der Waals surface area contributed by atoms with Gasteiger partial charge in [-0.1, -0.05) is 0 Å². The molecule has 0 saturated heterocycles. The van der Waals surface area contributed by atoms with Crippen LogP contribution in [0.2, 0.25) is 0 Å². The Balaban J connectivity index is 2.43. The van der Waals surface area contributed by atoms with Crippen LogP contribution in [0, 0.1) is 0 Å². The van der Waals surface area contributed by atoms with Gasteiger partial charge in [0.05, 0.1) is 0 Å². The van der Waals surface area contributed by atoms with E-state index in [1.54, 1.807) is 0 Å². The molecule has 0 radical (unpaired) electrons. The first-order chi connectivity index (χ1) is 3.83. The van der Waals surface area contributed by atoms with E-state index in [2.05, 4.69) is 4.84 Å². The first-order valence-electron chi connectivity index (χ1n) is 2.09. The number of aliphatic hydroxyl groups is 1. The smallest absolute Gasteiger partial charge is 0.242 e. The Kier molecular flexibility index (Phi) is 1.07. The molecule has 1 heterocycles. The third-order valence-corrected chi connectivity index (χ3v) is 0.760. The van der Waals surface area contributed by atoms with Gasteiger partial charge in [-0.25, -0.2) is 0 Å². The minimum atomic E-state index is 0.0668. The van der Waals surface area contributed by atoms with E-state index in [0.29, 0.717) is 6.41 Å². The highest BCUT2D eigenvalue weighted by molar-refractivity contribution is 5.46. The van der Waals surface area contributed by atoms with Gasteiger partial charge in [-0.3, -0.25) is 4.79 Å². The summed E-state index contributed by atoms with van der Waals surface area (Å²) in [7, 11) is 0. The number of rotatable bonds is 1. The number of carbonyl (C=O) groups excluding carboxylic acids is 1. The highest BCUT2D eigenvalue weighted by Gasteiger charge is 2.10. The van der Waals surface area contributed by atoms with Crippen molar-refractivity contribution in [2.24, 2.45) is 0 Å². The molecule has 0 fully saturated rings. The maximum Gasteiger partial charge on any atom is 0.242 e. The molecule has 0 aromatic rings. The fourth-order valence-corrected chi connectivity index (χ4v) is 0.425. The summed E-state index contributed by atoms with van der Waals surface area (Å²) in [5, 5.41) is 9.55. The molecule has 0 atom stereocenters. The lowest BCUT2D eigenvalue weighted by atomic mass is 10.6. The first-order valence-corrected chi connectivity index (χ1v) is 2.09. The number of nitrogens with zero attached hydrogens (tertiary/aromatic N) is 1. The maximum absolute atomic E-state index is 9.81. The SMILES string of the molecule is O=CN1CC(O)=CO1. The minimum Gasteiger partial charge on any atom is -0.507 e. The monoisotopic (exact) mass is 115 g/mol. The van der Waals surface area contributed by atoms with Crippen LogP contribution in [0.1, 0.15) is 0 Å². The molecule has 0 aliphatic carbocycles. The predicted molar refractivity (Wildman–Crippen MR) is 24.6 cm³/mol. The molecule has 1 aliphatic rings. The van der Waals surface area contributed by atoms with E-state index in [0.717, 1.165) is 11.3 Å². The van der Waals surface area contributed by atoms with Crippen LogP contribution in [0.3, 0.4) is 0 Å².